The summed E-state index contributed by atoms with van der Waals surface area (Å²) in [6.45, 7) is -2.40. The third kappa shape index (κ3) is 7.45. The fourth-order valence-corrected chi connectivity index (χ4v) is 3.83. The molecule has 0 bridgehead atoms. The number of hydrogen-bond donors (Lipinski definition) is 2. The lowest BCUT2D eigenvalue weighted by atomic mass is 9.98. The van der Waals surface area contributed by atoms with E-state index in [0.717, 1.165) is 12.1 Å². The Hall–Kier alpha value is -3.71. The van der Waals surface area contributed by atoms with Crippen LogP contribution >= 0.6 is 23.2 Å². The van der Waals surface area contributed by atoms with Crippen molar-refractivity contribution in [3.8, 4) is 0 Å². The minimum Gasteiger partial charge on any atom is -0.345 e. The van der Waals surface area contributed by atoms with Gasteiger partial charge in [0.25, 0.3) is 11.8 Å². The van der Waals surface area contributed by atoms with Crippen LogP contribution in [0.25, 0.3) is 10.8 Å². The molecule has 0 radical (unpaired) electrons. The lowest BCUT2D eigenvalue weighted by molar-refractivity contribution is -0.137. The molecular formula is C24H14Cl2F7N3O3. The molecule has 0 fully saturated rings. The summed E-state index contributed by atoms with van der Waals surface area (Å²) in [5, 5.41) is 2.34. The monoisotopic (exact) mass is 595 g/mol. The third-order valence-corrected chi connectivity index (χ3v) is 5.58. The molecule has 2 N–H and O–H groups in total. The molecule has 206 valence electrons. The summed E-state index contributed by atoms with van der Waals surface area (Å²) >= 11 is 11.2. The van der Waals surface area contributed by atoms with Gasteiger partial charge < -0.3 is 10.6 Å². The molecule has 3 amide bonds. The van der Waals surface area contributed by atoms with Crippen LogP contribution in [0.2, 0.25) is 10.0 Å². The van der Waals surface area contributed by atoms with Gasteiger partial charge in [0.15, 0.2) is 11.5 Å². The molecule has 0 aliphatic heterocycles. The second-order valence-electron chi connectivity index (χ2n) is 7.80. The molecule has 0 aliphatic rings. The van der Waals surface area contributed by atoms with Crippen LogP contribution in [0.15, 0.2) is 53.5 Å². The van der Waals surface area contributed by atoms with Crippen molar-refractivity contribution in [1.29, 1.82) is 0 Å². The zero-order valence-corrected chi connectivity index (χ0v) is 20.6. The second kappa shape index (κ2) is 11.6. The molecule has 3 aromatic carbocycles. The Morgan fingerprint density at radius 2 is 1.36 bits per heavy atom. The summed E-state index contributed by atoms with van der Waals surface area (Å²) in [5.74, 6) is -4.55. The van der Waals surface area contributed by atoms with E-state index in [0.29, 0.717) is 12.1 Å². The smallest absolute Gasteiger partial charge is 0.345 e. The Kier molecular flexibility index (Phi) is 8.86. The molecule has 0 heterocycles. The van der Waals surface area contributed by atoms with Gasteiger partial charge in [0.2, 0.25) is 5.91 Å². The van der Waals surface area contributed by atoms with Gasteiger partial charge in [-0.1, -0.05) is 47.5 Å². The lowest BCUT2D eigenvalue weighted by Crippen LogP contribution is -2.40. The normalized spacial score (nSPS) is 12.4. The molecule has 0 aromatic heterocycles. The Labute approximate surface area is 224 Å². The predicted molar refractivity (Wildman–Crippen MR) is 129 cm³/mol. The predicted octanol–water partition coefficient (Wildman–Crippen LogP) is 5.89. The van der Waals surface area contributed by atoms with Crippen LogP contribution in [-0.2, 0) is 4.79 Å². The van der Waals surface area contributed by atoms with Crippen LogP contribution in [0.1, 0.15) is 26.3 Å². The molecule has 39 heavy (non-hydrogen) atoms. The number of halogens is 9. The SMILES string of the molecule is O=C(CNC(=O)c1ccc(C(=O)/N=C(/c2cc(Cl)c(F)c(Cl)c2)C(F)(F)F)c2ccccc12)NCC(F)(F)F. The highest BCUT2D eigenvalue weighted by atomic mass is 35.5. The van der Waals surface area contributed by atoms with Gasteiger partial charge in [0.05, 0.1) is 16.6 Å². The first kappa shape index (κ1) is 29.8. The standard InChI is InChI=1S/C24H14Cl2F7N3O3/c25-16-7-11(8-17(26)19(16)27)20(24(31,32)33)36-22(39)15-6-5-14(12-3-1-2-4-13(12)15)21(38)34-9-18(37)35-10-23(28,29)30/h1-8H,9-10H2,(H,34,38)(H,35,37)/b36-20-. The average Bonchev–Trinajstić information content (AvgIpc) is 2.85. The maximum Gasteiger partial charge on any atom is 0.434 e. The fraction of sp³-hybridized carbons (Fsp3) is 0.167. The Balaban J connectivity index is 1.95. The highest BCUT2D eigenvalue weighted by molar-refractivity contribution is 6.35. The first-order valence-electron chi connectivity index (χ1n) is 10.6. The van der Waals surface area contributed by atoms with Crippen molar-refractivity contribution >= 4 is 57.4 Å². The number of benzene rings is 3. The molecule has 0 aliphatic carbocycles. The third-order valence-electron chi connectivity index (χ3n) is 5.03. The number of aliphatic imine (C=N–C) groups is 1. The van der Waals surface area contributed by atoms with Gasteiger partial charge in [-0.15, -0.1) is 0 Å². The highest BCUT2D eigenvalue weighted by Crippen LogP contribution is 2.31. The lowest BCUT2D eigenvalue weighted by Gasteiger charge is -2.13. The van der Waals surface area contributed by atoms with Crippen LogP contribution in [0.5, 0.6) is 0 Å². The summed E-state index contributed by atoms with van der Waals surface area (Å²) in [7, 11) is 0. The maximum atomic E-state index is 13.8. The quantitative estimate of drug-likeness (QED) is 0.212. The molecule has 3 aromatic rings. The molecule has 15 heteroatoms. The number of nitrogens with zero attached hydrogens (tertiary/aromatic N) is 1. The number of amides is 3. The zero-order chi connectivity index (χ0) is 29.1. The van der Waals surface area contributed by atoms with Gasteiger partial charge in [-0.05, 0) is 35.0 Å². The Morgan fingerprint density at radius 1 is 0.821 bits per heavy atom. The van der Waals surface area contributed by atoms with Crippen molar-refractivity contribution in [2.24, 2.45) is 4.99 Å². The highest BCUT2D eigenvalue weighted by Gasteiger charge is 2.38. The largest absolute Gasteiger partial charge is 0.434 e. The Morgan fingerprint density at radius 3 is 1.90 bits per heavy atom. The van der Waals surface area contributed by atoms with Crippen LogP contribution in [0.3, 0.4) is 0 Å². The van der Waals surface area contributed by atoms with E-state index in [1.54, 1.807) is 5.32 Å². The number of carbonyl (C=O) groups is 3. The second-order valence-corrected chi connectivity index (χ2v) is 8.61. The van der Waals surface area contributed by atoms with Gasteiger partial charge in [-0.2, -0.15) is 26.3 Å². The van der Waals surface area contributed by atoms with Crippen LogP contribution in [0.4, 0.5) is 30.7 Å². The summed E-state index contributed by atoms with van der Waals surface area (Å²) in [6, 6.07) is 8.88. The van der Waals surface area contributed by atoms with Gasteiger partial charge in [0.1, 0.15) is 6.54 Å². The summed E-state index contributed by atoms with van der Waals surface area (Å²) in [6.07, 6.45) is -9.83. The Bertz CT molecular complexity index is 1470. The van der Waals surface area contributed by atoms with E-state index in [1.165, 1.54) is 24.3 Å². The van der Waals surface area contributed by atoms with Crippen molar-refractivity contribution in [1.82, 2.24) is 10.6 Å². The fourth-order valence-electron chi connectivity index (χ4n) is 3.35. The van der Waals surface area contributed by atoms with E-state index in [-0.39, 0.29) is 21.9 Å². The first-order valence-corrected chi connectivity index (χ1v) is 11.3. The summed E-state index contributed by atoms with van der Waals surface area (Å²) in [4.78, 5) is 40.3. The molecular weight excluding hydrogens is 582 g/mol. The summed E-state index contributed by atoms with van der Waals surface area (Å²) < 4.78 is 91.7. The van der Waals surface area contributed by atoms with Crippen molar-refractivity contribution in [2.75, 3.05) is 13.1 Å². The molecule has 0 saturated carbocycles. The van der Waals surface area contributed by atoms with Gasteiger partial charge in [0, 0.05) is 16.7 Å². The number of nitrogens with one attached hydrogen (secondary N) is 2. The van der Waals surface area contributed by atoms with E-state index in [2.05, 4.69) is 10.3 Å². The topological polar surface area (TPSA) is 87.6 Å². The summed E-state index contributed by atoms with van der Waals surface area (Å²) in [5.41, 5.74) is -2.93. The van der Waals surface area contributed by atoms with Crippen LogP contribution in [0, 0.1) is 5.82 Å². The average molecular weight is 596 g/mol. The first-order chi connectivity index (χ1) is 18.1. The number of alkyl halides is 6. The van der Waals surface area contributed by atoms with E-state index in [4.69, 9.17) is 23.2 Å². The van der Waals surface area contributed by atoms with E-state index in [1.807, 2.05) is 0 Å². The minimum absolute atomic E-state index is 0.0112. The number of hydrogen-bond acceptors (Lipinski definition) is 3. The molecule has 3 rings (SSSR count). The van der Waals surface area contributed by atoms with Crippen molar-refractivity contribution in [3.05, 3.63) is 81.1 Å². The molecule has 6 nitrogen and oxygen atoms in total. The van der Waals surface area contributed by atoms with Gasteiger partial charge in [-0.25, -0.2) is 9.38 Å². The molecule has 0 saturated heterocycles. The maximum absolute atomic E-state index is 13.8. The van der Waals surface area contributed by atoms with E-state index in [9.17, 15) is 45.1 Å². The van der Waals surface area contributed by atoms with Crippen LogP contribution < -0.4 is 10.6 Å². The van der Waals surface area contributed by atoms with Crippen molar-refractivity contribution in [3.63, 3.8) is 0 Å². The van der Waals surface area contributed by atoms with E-state index < -0.39 is 70.3 Å². The molecule has 0 spiro atoms. The van der Waals surface area contributed by atoms with Gasteiger partial charge >= 0.3 is 12.4 Å². The van der Waals surface area contributed by atoms with Gasteiger partial charge in [-0.3, -0.25) is 14.4 Å². The number of carbonyl (C=O) groups excluding carboxylic acids is 3. The molecule has 0 atom stereocenters. The van der Waals surface area contributed by atoms with Crippen molar-refractivity contribution < 1.29 is 45.1 Å². The van der Waals surface area contributed by atoms with Crippen LogP contribution in [-0.4, -0.2) is 48.9 Å². The molecule has 0 unspecified atom stereocenters. The zero-order valence-electron chi connectivity index (χ0n) is 19.1. The van der Waals surface area contributed by atoms with Crippen molar-refractivity contribution in [2.45, 2.75) is 12.4 Å². The minimum atomic E-state index is -5.18. The number of rotatable bonds is 6. The number of fused-ring (bicyclic) bond motifs is 1. The van der Waals surface area contributed by atoms with E-state index >= 15 is 0 Å².